The van der Waals surface area contributed by atoms with Crippen molar-refractivity contribution < 1.29 is 0 Å². The molecule has 0 saturated carbocycles. The average molecular weight is 279 g/mol. The molecule has 114 valence electrons. The van der Waals surface area contributed by atoms with Crippen LogP contribution in [-0.4, -0.2) is 55.6 Å². The molecule has 1 aromatic heterocycles. The van der Waals surface area contributed by atoms with E-state index in [1.54, 1.807) is 6.33 Å². The van der Waals surface area contributed by atoms with Crippen LogP contribution in [0.25, 0.3) is 0 Å². The highest BCUT2D eigenvalue weighted by Crippen LogP contribution is 2.24. The van der Waals surface area contributed by atoms with Gasteiger partial charge in [0.25, 0.3) is 0 Å². The quantitative estimate of drug-likeness (QED) is 0.751. The molecule has 5 heteroatoms. The van der Waals surface area contributed by atoms with E-state index < -0.39 is 0 Å². The summed E-state index contributed by atoms with van der Waals surface area (Å²) in [6.07, 6.45) is 4.91. The molecule has 0 fully saturated rings. The molecular weight excluding hydrogens is 250 g/mol. The fourth-order valence-electron chi connectivity index (χ4n) is 2.26. The van der Waals surface area contributed by atoms with Gasteiger partial charge in [-0.1, -0.05) is 13.3 Å². The molecule has 20 heavy (non-hydrogen) atoms. The maximum atomic E-state index is 4.50. The Morgan fingerprint density at radius 3 is 2.45 bits per heavy atom. The molecule has 0 bridgehead atoms. The monoisotopic (exact) mass is 279 g/mol. The fraction of sp³-hybridized carbons (Fsp3) is 0.733. The lowest BCUT2D eigenvalue weighted by Gasteiger charge is -2.23. The minimum absolute atomic E-state index is 0.886. The van der Waals surface area contributed by atoms with Crippen LogP contribution in [0.2, 0.25) is 0 Å². The van der Waals surface area contributed by atoms with E-state index in [1.165, 1.54) is 5.56 Å². The first-order valence-electron chi connectivity index (χ1n) is 7.53. The average Bonchev–Trinajstić information content (AvgIpc) is 2.40. The number of nitrogens with one attached hydrogen (secondary N) is 1. The molecule has 0 aliphatic heterocycles. The summed E-state index contributed by atoms with van der Waals surface area (Å²) in [4.78, 5) is 13.3. The number of rotatable bonds is 9. The summed E-state index contributed by atoms with van der Waals surface area (Å²) in [7, 11) is 6.33. The predicted octanol–water partition coefficient (Wildman–Crippen LogP) is 2.25. The maximum absolute atomic E-state index is 4.50. The van der Waals surface area contributed by atoms with Gasteiger partial charge in [0.15, 0.2) is 0 Å². The number of hydrogen-bond donors (Lipinski definition) is 1. The first kappa shape index (κ1) is 16.7. The second-order valence-electron chi connectivity index (χ2n) is 5.38. The summed E-state index contributed by atoms with van der Waals surface area (Å²) in [6, 6.07) is 0. The first-order valence-corrected chi connectivity index (χ1v) is 7.53. The molecule has 0 saturated heterocycles. The first-order chi connectivity index (χ1) is 9.60. The van der Waals surface area contributed by atoms with E-state index in [0.717, 1.165) is 50.5 Å². The largest absolute Gasteiger partial charge is 0.370 e. The highest BCUT2D eigenvalue weighted by Gasteiger charge is 2.13. The van der Waals surface area contributed by atoms with Crippen molar-refractivity contribution in [2.24, 2.45) is 0 Å². The Hall–Kier alpha value is -1.36. The van der Waals surface area contributed by atoms with E-state index in [9.17, 15) is 0 Å². The van der Waals surface area contributed by atoms with Gasteiger partial charge in [0.2, 0.25) is 0 Å². The Bertz CT molecular complexity index is 392. The lowest BCUT2D eigenvalue weighted by molar-refractivity contribution is 0.401. The molecule has 1 heterocycles. The molecule has 0 amide bonds. The smallest absolute Gasteiger partial charge is 0.137 e. The summed E-state index contributed by atoms with van der Waals surface area (Å²) in [6.45, 7) is 7.28. The van der Waals surface area contributed by atoms with Crippen molar-refractivity contribution in [2.45, 2.75) is 33.1 Å². The van der Waals surface area contributed by atoms with Crippen LogP contribution in [0.15, 0.2) is 6.33 Å². The zero-order valence-electron chi connectivity index (χ0n) is 13.6. The van der Waals surface area contributed by atoms with Crippen LogP contribution in [0.5, 0.6) is 0 Å². The molecule has 1 N–H and O–H groups in total. The zero-order valence-corrected chi connectivity index (χ0v) is 13.6. The topological polar surface area (TPSA) is 44.3 Å². The molecule has 5 nitrogen and oxygen atoms in total. The third kappa shape index (κ3) is 4.96. The second kappa shape index (κ2) is 8.74. The molecule has 0 aromatic carbocycles. The minimum Gasteiger partial charge on any atom is -0.370 e. The molecular formula is C15H29N5. The number of nitrogens with zero attached hydrogens (tertiary/aromatic N) is 4. The Balaban J connectivity index is 2.83. The predicted molar refractivity (Wildman–Crippen MR) is 86.6 cm³/mol. The Morgan fingerprint density at radius 2 is 1.85 bits per heavy atom. The summed E-state index contributed by atoms with van der Waals surface area (Å²) >= 11 is 0. The van der Waals surface area contributed by atoms with Gasteiger partial charge in [-0.15, -0.1) is 0 Å². The summed E-state index contributed by atoms with van der Waals surface area (Å²) in [5.74, 6) is 2.05. The normalized spacial score (nSPS) is 10.9. The van der Waals surface area contributed by atoms with Crippen molar-refractivity contribution in [1.29, 1.82) is 0 Å². The Morgan fingerprint density at radius 1 is 1.10 bits per heavy atom. The van der Waals surface area contributed by atoms with Crippen LogP contribution in [0.1, 0.15) is 32.3 Å². The van der Waals surface area contributed by atoms with Gasteiger partial charge in [0.1, 0.15) is 18.0 Å². The van der Waals surface area contributed by atoms with Gasteiger partial charge < -0.3 is 15.1 Å². The molecule has 1 aromatic rings. The molecule has 1 rings (SSSR count). The molecule has 0 spiro atoms. The summed E-state index contributed by atoms with van der Waals surface area (Å²) < 4.78 is 0. The van der Waals surface area contributed by atoms with Crippen LogP contribution in [0.3, 0.4) is 0 Å². The zero-order chi connectivity index (χ0) is 15.0. The van der Waals surface area contributed by atoms with Crippen LogP contribution in [0, 0.1) is 0 Å². The van der Waals surface area contributed by atoms with Gasteiger partial charge in [-0.3, -0.25) is 0 Å². The lowest BCUT2D eigenvalue weighted by Crippen LogP contribution is -2.25. The Kier molecular flexibility index (Phi) is 7.30. The Labute approximate surface area is 123 Å². The molecule has 0 radical (unpaired) electrons. The fourth-order valence-corrected chi connectivity index (χ4v) is 2.26. The third-order valence-electron chi connectivity index (χ3n) is 3.23. The lowest BCUT2D eigenvalue weighted by atomic mass is 10.1. The van der Waals surface area contributed by atoms with E-state index in [1.807, 2.05) is 0 Å². The highest BCUT2D eigenvalue weighted by atomic mass is 15.2. The van der Waals surface area contributed by atoms with Crippen molar-refractivity contribution in [3.05, 3.63) is 11.9 Å². The van der Waals surface area contributed by atoms with Gasteiger partial charge in [-0.25, -0.2) is 9.97 Å². The highest BCUT2D eigenvalue weighted by molar-refractivity contribution is 5.58. The van der Waals surface area contributed by atoms with Gasteiger partial charge in [-0.05, 0) is 40.4 Å². The molecule has 0 atom stereocenters. The molecule has 0 unspecified atom stereocenters. The van der Waals surface area contributed by atoms with E-state index in [4.69, 9.17) is 0 Å². The van der Waals surface area contributed by atoms with Crippen LogP contribution >= 0.6 is 0 Å². The van der Waals surface area contributed by atoms with Crippen molar-refractivity contribution in [3.8, 4) is 0 Å². The van der Waals surface area contributed by atoms with Crippen LogP contribution < -0.4 is 10.2 Å². The van der Waals surface area contributed by atoms with E-state index in [-0.39, 0.29) is 0 Å². The van der Waals surface area contributed by atoms with Crippen molar-refractivity contribution >= 4 is 11.6 Å². The minimum atomic E-state index is 0.886. The molecule has 0 aliphatic rings. The maximum Gasteiger partial charge on any atom is 0.137 e. The number of aromatic nitrogens is 2. The van der Waals surface area contributed by atoms with Crippen molar-refractivity contribution in [3.63, 3.8) is 0 Å². The van der Waals surface area contributed by atoms with Crippen molar-refractivity contribution in [2.75, 3.05) is 51.0 Å². The van der Waals surface area contributed by atoms with Crippen LogP contribution in [0.4, 0.5) is 11.6 Å². The summed E-state index contributed by atoms with van der Waals surface area (Å²) in [5, 5.41) is 3.34. The number of anilines is 2. The SMILES string of the molecule is CCCc1c(NCC)ncnc1N(C)CCCN(C)C. The molecule has 0 aliphatic carbocycles. The second-order valence-corrected chi connectivity index (χ2v) is 5.38. The van der Waals surface area contributed by atoms with Crippen LogP contribution in [-0.2, 0) is 6.42 Å². The van der Waals surface area contributed by atoms with E-state index >= 15 is 0 Å². The van der Waals surface area contributed by atoms with Gasteiger partial charge in [0, 0.05) is 25.7 Å². The van der Waals surface area contributed by atoms with Gasteiger partial charge >= 0.3 is 0 Å². The third-order valence-corrected chi connectivity index (χ3v) is 3.23. The summed E-state index contributed by atoms with van der Waals surface area (Å²) in [5.41, 5.74) is 1.24. The van der Waals surface area contributed by atoms with Crippen molar-refractivity contribution in [1.82, 2.24) is 14.9 Å². The van der Waals surface area contributed by atoms with Gasteiger partial charge in [-0.2, -0.15) is 0 Å². The van der Waals surface area contributed by atoms with E-state index in [2.05, 4.69) is 60.1 Å². The standard InChI is InChI=1S/C15H29N5/c1-6-9-13-14(16-7-2)17-12-18-15(13)20(5)11-8-10-19(3)4/h12H,6-11H2,1-5H3,(H,16,17,18). The number of hydrogen-bond acceptors (Lipinski definition) is 5. The van der Waals surface area contributed by atoms with E-state index in [0.29, 0.717) is 0 Å². The van der Waals surface area contributed by atoms with Gasteiger partial charge in [0.05, 0.1) is 0 Å².